The molecule has 0 unspecified atom stereocenters. The Morgan fingerprint density at radius 1 is 1.62 bits per heavy atom. The molecule has 13 heavy (non-hydrogen) atoms. The Kier molecular flexibility index (Phi) is 6.18. The molecule has 0 aliphatic carbocycles. The van der Waals surface area contributed by atoms with Gasteiger partial charge in [0.2, 0.25) is 0 Å². The molecule has 0 aliphatic heterocycles. The van der Waals surface area contributed by atoms with Gasteiger partial charge in [-0.15, -0.1) is 0 Å². The Morgan fingerprint density at radius 3 is 2.62 bits per heavy atom. The first kappa shape index (κ1) is 12.1. The van der Waals surface area contributed by atoms with E-state index in [1.165, 1.54) is 13.2 Å². The molecule has 0 heterocycles. The molecule has 0 bridgehead atoms. The second-order valence-corrected chi connectivity index (χ2v) is 2.93. The molecule has 0 saturated carbocycles. The average Bonchev–Trinajstić information content (AvgIpc) is 2.17. The van der Waals surface area contributed by atoms with Gasteiger partial charge in [0.1, 0.15) is 5.76 Å². The second-order valence-electron chi connectivity index (χ2n) is 2.08. The number of ether oxygens (including phenoxy) is 2. The molecule has 0 rings (SSSR count). The van der Waals surface area contributed by atoms with Crippen LogP contribution in [0.25, 0.3) is 0 Å². The van der Waals surface area contributed by atoms with Crippen LogP contribution in [-0.4, -0.2) is 20.2 Å². The second kappa shape index (κ2) is 6.62. The number of hydrogen-bond acceptors (Lipinski definition) is 3. The van der Waals surface area contributed by atoms with E-state index in [0.717, 1.165) is 0 Å². The van der Waals surface area contributed by atoms with Crippen LogP contribution < -0.4 is 0 Å². The summed E-state index contributed by atoms with van der Waals surface area (Å²) in [6.07, 6.45) is 2.12. The van der Waals surface area contributed by atoms with Gasteiger partial charge in [-0.1, -0.05) is 19.2 Å². The van der Waals surface area contributed by atoms with E-state index in [9.17, 15) is 4.79 Å². The van der Waals surface area contributed by atoms with Crippen LogP contribution in [0.15, 0.2) is 35.0 Å². The Hall–Kier alpha value is -0.870. The number of rotatable bonds is 6. The summed E-state index contributed by atoms with van der Waals surface area (Å²) in [6, 6.07) is 0. The van der Waals surface area contributed by atoms with E-state index < -0.39 is 0 Å². The predicted molar refractivity (Wildman–Crippen MR) is 54.3 cm³/mol. The van der Waals surface area contributed by atoms with Crippen molar-refractivity contribution in [1.29, 1.82) is 0 Å². The maximum atomic E-state index is 10.4. The lowest BCUT2D eigenvalue weighted by Gasteiger charge is -2.09. The van der Waals surface area contributed by atoms with Gasteiger partial charge in [0.15, 0.2) is 13.1 Å². The molecule has 0 aromatic heterocycles. The highest BCUT2D eigenvalue weighted by Gasteiger charge is 2.06. The van der Waals surface area contributed by atoms with E-state index in [0.29, 0.717) is 16.5 Å². The number of aldehydes is 1. The highest BCUT2D eigenvalue weighted by molar-refractivity contribution is 9.11. The first-order valence-electron chi connectivity index (χ1n) is 3.45. The standard InChI is InChI=1S/C9H11BrO3/c1-4-8(10)9(7(2)5-11)13-6-12-3/h4-5H,1-2,6H2,3H3/b9-8-. The molecule has 72 valence electrons. The maximum Gasteiger partial charge on any atom is 0.188 e. The molecule has 0 saturated heterocycles. The number of allylic oxidation sites excluding steroid dienone is 3. The van der Waals surface area contributed by atoms with Gasteiger partial charge in [0, 0.05) is 7.11 Å². The van der Waals surface area contributed by atoms with Crippen LogP contribution in [0.1, 0.15) is 0 Å². The van der Waals surface area contributed by atoms with Crippen molar-refractivity contribution in [3.8, 4) is 0 Å². The topological polar surface area (TPSA) is 35.5 Å². The van der Waals surface area contributed by atoms with Crippen molar-refractivity contribution >= 4 is 22.2 Å². The van der Waals surface area contributed by atoms with Crippen LogP contribution in [0.4, 0.5) is 0 Å². The van der Waals surface area contributed by atoms with Crippen LogP contribution in [0.3, 0.4) is 0 Å². The van der Waals surface area contributed by atoms with E-state index in [4.69, 9.17) is 9.47 Å². The molecule has 0 atom stereocenters. The molecule has 0 aromatic rings. The van der Waals surface area contributed by atoms with Crippen molar-refractivity contribution in [2.45, 2.75) is 0 Å². The van der Waals surface area contributed by atoms with Crippen LogP contribution in [-0.2, 0) is 14.3 Å². The highest BCUT2D eigenvalue weighted by Crippen LogP contribution is 2.19. The fourth-order valence-corrected chi connectivity index (χ4v) is 0.948. The number of methoxy groups -OCH3 is 1. The van der Waals surface area contributed by atoms with Crippen molar-refractivity contribution in [2.24, 2.45) is 0 Å². The van der Waals surface area contributed by atoms with Crippen molar-refractivity contribution in [3.63, 3.8) is 0 Å². The van der Waals surface area contributed by atoms with E-state index in [1.807, 2.05) is 0 Å². The fourth-order valence-electron chi connectivity index (χ4n) is 0.579. The van der Waals surface area contributed by atoms with Gasteiger partial charge in [0.25, 0.3) is 0 Å². The third-order valence-electron chi connectivity index (χ3n) is 1.15. The van der Waals surface area contributed by atoms with Crippen molar-refractivity contribution in [3.05, 3.63) is 35.0 Å². The zero-order chi connectivity index (χ0) is 10.3. The van der Waals surface area contributed by atoms with Gasteiger partial charge in [0.05, 0.1) is 10.1 Å². The minimum atomic E-state index is 0.0606. The lowest BCUT2D eigenvalue weighted by atomic mass is 10.2. The third-order valence-corrected chi connectivity index (χ3v) is 1.84. The third kappa shape index (κ3) is 4.05. The van der Waals surface area contributed by atoms with Gasteiger partial charge >= 0.3 is 0 Å². The Labute approximate surface area is 85.8 Å². The lowest BCUT2D eigenvalue weighted by Crippen LogP contribution is -2.01. The molecular weight excluding hydrogens is 236 g/mol. The van der Waals surface area contributed by atoms with Crippen molar-refractivity contribution < 1.29 is 14.3 Å². The van der Waals surface area contributed by atoms with E-state index in [1.54, 1.807) is 0 Å². The lowest BCUT2D eigenvalue weighted by molar-refractivity contribution is -0.105. The minimum absolute atomic E-state index is 0.0606. The molecule has 0 aromatic carbocycles. The largest absolute Gasteiger partial charge is 0.466 e. The summed E-state index contributed by atoms with van der Waals surface area (Å²) in [7, 11) is 1.49. The number of halogens is 1. The number of hydrogen-bond donors (Lipinski definition) is 0. The predicted octanol–water partition coefficient (Wildman–Crippen LogP) is 2.15. The van der Waals surface area contributed by atoms with Gasteiger partial charge < -0.3 is 9.47 Å². The molecule has 0 amide bonds. The monoisotopic (exact) mass is 246 g/mol. The SMILES string of the molecule is C=C/C(Br)=C(/OCOC)C(=C)C=O. The zero-order valence-corrected chi connectivity index (χ0v) is 8.96. The van der Waals surface area contributed by atoms with E-state index in [-0.39, 0.29) is 12.4 Å². The Bertz CT molecular complexity index is 243. The van der Waals surface area contributed by atoms with Crippen molar-refractivity contribution in [2.75, 3.05) is 13.9 Å². The van der Waals surface area contributed by atoms with Gasteiger partial charge in [-0.25, -0.2) is 0 Å². The summed E-state index contributed by atoms with van der Waals surface area (Å²) < 4.78 is 10.4. The van der Waals surface area contributed by atoms with Crippen LogP contribution in [0.2, 0.25) is 0 Å². The summed E-state index contributed by atoms with van der Waals surface area (Å²) in [5.41, 5.74) is 0.240. The molecule has 3 nitrogen and oxygen atoms in total. The summed E-state index contributed by atoms with van der Waals surface area (Å²) in [4.78, 5) is 10.4. The molecular formula is C9H11BrO3. The van der Waals surface area contributed by atoms with Gasteiger partial charge in [-0.2, -0.15) is 0 Å². The first-order chi connectivity index (χ1) is 6.17. The average molecular weight is 247 g/mol. The molecule has 0 aliphatic rings. The van der Waals surface area contributed by atoms with Gasteiger partial charge in [-0.3, -0.25) is 4.79 Å². The quantitative estimate of drug-likeness (QED) is 0.237. The van der Waals surface area contributed by atoms with Crippen LogP contribution in [0.5, 0.6) is 0 Å². The normalized spacial score (nSPS) is 11.5. The zero-order valence-electron chi connectivity index (χ0n) is 7.38. The smallest absolute Gasteiger partial charge is 0.188 e. The molecule has 0 fully saturated rings. The van der Waals surface area contributed by atoms with Gasteiger partial charge in [-0.05, 0) is 15.9 Å². The maximum absolute atomic E-state index is 10.4. The molecule has 4 heteroatoms. The fraction of sp³-hybridized carbons (Fsp3) is 0.222. The summed E-state index contributed by atoms with van der Waals surface area (Å²) in [5.74, 6) is 0.340. The van der Waals surface area contributed by atoms with Crippen LogP contribution in [0, 0.1) is 0 Å². The summed E-state index contributed by atoms with van der Waals surface area (Å²) in [5, 5.41) is 0. The Balaban J connectivity index is 4.64. The van der Waals surface area contributed by atoms with Crippen molar-refractivity contribution in [1.82, 2.24) is 0 Å². The highest BCUT2D eigenvalue weighted by atomic mass is 79.9. The minimum Gasteiger partial charge on any atom is -0.466 e. The van der Waals surface area contributed by atoms with E-state index >= 15 is 0 Å². The molecule has 0 radical (unpaired) electrons. The summed E-state index contributed by atoms with van der Waals surface area (Å²) >= 11 is 3.18. The first-order valence-corrected chi connectivity index (χ1v) is 4.25. The van der Waals surface area contributed by atoms with E-state index in [2.05, 4.69) is 29.1 Å². The Morgan fingerprint density at radius 2 is 2.23 bits per heavy atom. The molecule has 0 spiro atoms. The molecule has 0 N–H and O–H groups in total. The summed E-state index contributed by atoms with van der Waals surface area (Å²) in [6.45, 7) is 7.10. The number of carbonyl (C=O) groups excluding carboxylic acids is 1. The number of carbonyl (C=O) groups is 1. The van der Waals surface area contributed by atoms with Crippen LogP contribution >= 0.6 is 15.9 Å².